The lowest BCUT2D eigenvalue weighted by Crippen LogP contribution is -2.36. The zero-order valence-electron chi connectivity index (χ0n) is 15.2. The number of nitrogens with zero attached hydrogens (tertiary/aromatic N) is 1. The standard InChI is InChI=1S/C23H26N2/c1-17-14-18(2)23(19(3)15-17)25(24)16-22(20-10-6-4-7-11-20)21-12-8-5-9-13-21/h4-15,22H,16,24H2,1-3H3. The molecule has 0 unspecified atom stereocenters. The topological polar surface area (TPSA) is 29.3 Å². The first-order chi connectivity index (χ1) is 12.1. The number of hydrogen-bond donors (Lipinski definition) is 1. The summed E-state index contributed by atoms with van der Waals surface area (Å²) in [5, 5.41) is 1.91. The van der Waals surface area contributed by atoms with Crippen molar-refractivity contribution < 1.29 is 0 Å². The van der Waals surface area contributed by atoms with E-state index in [9.17, 15) is 0 Å². The Hall–Kier alpha value is -2.58. The predicted octanol–water partition coefficient (Wildman–Crippen LogP) is 5.12. The van der Waals surface area contributed by atoms with E-state index < -0.39 is 0 Å². The molecule has 0 saturated heterocycles. The molecular weight excluding hydrogens is 304 g/mol. The first-order valence-corrected chi connectivity index (χ1v) is 8.76. The van der Waals surface area contributed by atoms with Crippen LogP contribution in [0.3, 0.4) is 0 Å². The smallest absolute Gasteiger partial charge is 0.0576 e. The molecule has 0 radical (unpaired) electrons. The van der Waals surface area contributed by atoms with Gasteiger partial charge in [-0.05, 0) is 43.0 Å². The van der Waals surface area contributed by atoms with Crippen LogP contribution in [0.15, 0.2) is 72.8 Å². The maximum atomic E-state index is 6.56. The van der Waals surface area contributed by atoms with E-state index in [-0.39, 0.29) is 5.92 Å². The van der Waals surface area contributed by atoms with E-state index in [1.54, 1.807) is 0 Å². The summed E-state index contributed by atoms with van der Waals surface area (Å²) in [5.41, 5.74) is 7.41. The monoisotopic (exact) mass is 330 g/mol. The van der Waals surface area contributed by atoms with Crippen LogP contribution in [-0.2, 0) is 0 Å². The van der Waals surface area contributed by atoms with Crippen molar-refractivity contribution in [1.29, 1.82) is 0 Å². The number of anilines is 1. The molecule has 0 fully saturated rings. The van der Waals surface area contributed by atoms with E-state index >= 15 is 0 Å². The van der Waals surface area contributed by atoms with Crippen molar-refractivity contribution >= 4 is 5.69 Å². The second-order valence-corrected chi connectivity index (χ2v) is 6.77. The summed E-state index contributed by atoms with van der Waals surface area (Å²) in [6.45, 7) is 7.13. The van der Waals surface area contributed by atoms with Crippen LogP contribution in [0.1, 0.15) is 33.7 Å². The molecule has 0 aliphatic heterocycles. The van der Waals surface area contributed by atoms with Gasteiger partial charge in [-0.25, -0.2) is 5.84 Å². The molecular formula is C23H26N2. The maximum Gasteiger partial charge on any atom is 0.0576 e. The van der Waals surface area contributed by atoms with Crippen molar-refractivity contribution in [1.82, 2.24) is 0 Å². The van der Waals surface area contributed by atoms with Crippen LogP contribution in [0, 0.1) is 20.8 Å². The van der Waals surface area contributed by atoms with E-state index in [0.717, 1.165) is 12.2 Å². The summed E-state index contributed by atoms with van der Waals surface area (Å²) >= 11 is 0. The minimum atomic E-state index is 0.229. The molecule has 2 N–H and O–H groups in total. The molecule has 0 spiro atoms. The van der Waals surface area contributed by atoms with E-state index in [0.29, 0.717) is 0 Å². The fraction of sp³-hybridized carbons (Fsp3) is 0.217. The molecule has 0 saturated carbocycles. The second-order valence-electron chi connectivity index (χ2n) is 6.77. The lowest BCUT2D eigenvalue weighted by atomic mass is 9.90. The summed E-state index contributed by atoms with van der Waals surface area (Å²) in [4.78, 5) is 0. The highest BCUT2D eigenvalue weighted by Gasteiger charge is 2.19. The number of hydrogen-bond acceptors (Lipinski definition) is 2. The highest BCUT2D eigenvalue weighted by molar-refractivity contribution is 5.59. The highest BCUT2D eigenvalue weighted by Crippen LogP contribution is 2.30. The second kappa shape index (κ2) is 7.54. The van der Waals surface area contributed by atoms with Crippen LogP contribution in [0.25, 0.3) is 0 Å². The molecule has 128 valence electrons. The molecule has 3 aromatic carbocycles. The third-order valence-electron chi connectivity index (χ3n) is 4.71. The molecule has 0 aliphatic rings. The summed E-state index contributed by atoms with van der Waals surface area (Å²) < 4.78 is 0. The Balaban J connectivity index is 1.96. The average molecular weight is 330 g/mol. The minimum absolute atomic E-state index is 0.229. The van der Waals surface area contributed by atoms with Gasteiger partial charge in [-0.15, -0.1) is 0 Å². The number of nitrogens with two attached hydrogens (primary N) is 1. The first kappa shape index (κ1) is 17.2. The van der Waals surface area contributed by atoms with Crippen LogP contribution in [-0.4, -0.2) is 6.54 Å². The molecule has 3 aromatic rings. The Morgan fingerprint density at radius 1 is 0.760 bits per heavy atom. The van der Waals surface area contributed by atoms with Crippen molar-refractivity contribution in [2.45, 2.75) is 26.7 Å². The number of rotatable bonds is 5. The number of benzene rings is 3. The molecule has 0 atom stereocenters. The Labute approximate surface area is 150 Å². The predicted molar refractivity (Wildman–Crippen MR) is 107 cm³/mol. The van der Waals surface area contributed by atoms with Gasteiger partial charge in [-0.2, -0.15) is 0 Å². The van der Waals surface area contributed by atoms with Gasteiger partial charge in [0.15, 0.2) is 0 Å². The van der Waals surface area contributed by atoms with Gasteiger partial charge < -0.3 is 5.01 Å². The summed E-state index contributed by atoms with van der Waals surface area (Å²) in [6, 6.07) is 25.6. The largest absolute Gasteiger partial charge is 0.310 e. The van der Waals surface area contributed by atoms with Crippen molar-refractivity contribution in [3.63, 3.8) is 0 Å². The van der Waals surface area contributed by atoms with Gasteiger partial charge >= 0.3 is 0 Å². The lowest BCUT2D eigenvalue weighted by molar-refractivity contribution is 0.735. The molecule has 0 amide bonds. The summed E-state index contributed by atoms with van der Waals surface area (Å²) in [6.07, 6.45) is 0. The molecule has 2 heteroatoms. The maximum absolute atomic E-state index is 6.56. The number of aryl methyl sites for hydroxylation is 3. The van der Waals surface area contributed by atoms with E-state index in [2.05, 4.69) is 93.6 Å². The molecule has 2 nitrogen and oxygen atoms in total. The van der Waals surface area contributed by atoms with Crippen molar-refractivity contribution in [2.24, 2.45) is 5.84 Å². The van der Waals surface area contributed by atoms with Gasteiger partial charge in [0.2, 0.25) is 0 Å². The fourth-order valence-electron chi connectivity index (χ4n) is 3.69. The Morgan fingerprint density at radius 3 is 1.64 bits per heavy atom. The van der Waals surface area contributed by atoms with Crippen LogP contribution in [0.5, 0.6) is 0 Å². The molecule has 25 heavy (non-hydrogen) atoms. The first-order valence-electron chi connectivity index (χ1n) is 8.76. The van der Waals surface area contributed by atoms with E-state index in [4.69, 9.17) is 5.84 Å². The van der Waals surface area contributed by atoms with Gasteiger partial charge in [0.25, 0.3) is 0 Å². The fourth-order valence-corrected chi connectivity index (χ4v) is 3.69. The van der Waals surface area contributed by atoms with Crippen LogP contribution < -0.4 is 10.9 Å². The third kappa shape index (κ3) is 3.92. The van der Waals surface area contributed by atoms with E-state index in [1.165, 1.54) is 27.8 Å². The summed E-state index contributed by atoms with van der Waals surface area (Å²) in [5.74, 6) is 6.78. The van der Waals surface area contributed by atoms with Gasteiger partial charge in [-0.3, -0.25) is 0 Å². The molecule has 0 aromatic heterocycles. The van der Waals surface area contributed by atoms with Crippen LogP contribution >= 0.6 is 0 Å². The zero-order chi connectivity index (χ0) is 17.8. The van der Waals surface area contributed by atoms with Crippen molar-refractivity contribution in [3.8, 4) is 0 Å². The Bertz CT molecular complexity index is 763. The molecule has 0 aliphatic carbocycles. The van der Waals surface area contributed by atoms with Crippen molar-refractivity contribution in [3.05, 3.63) is 101 Å². The zero-order valence-corrected chi connectivity index (χ0v) is 15.2. The number of hydrazine groups is 1. The minimum Gasteiger partial charge on any atom is -0.310 e. The molecule has 0 bridgehead atoms. The normalized spacial score (nSPS) is 10.9. The third-order valence-corrected chi connectivity index (χ3v) is 4.71. The van der Waals surface area contributed by atoms with Gasteiger partial charge in [0.05, 0.1) is 5.69 Å². The Kier molecular flexibility index (Phi) is 5.20. The SMILES string of the molecule is Cc1cc(C)c(N(N)CC(c2ccccc2)c2ccccc2)c(C)c1. The van der Waals surface area contributed by atoms with E-state index in [1.807, 2.05) is 5.01 Å². The van der Waals surface area contributed by atoms with Gasteiger partial charge in [0, 0.05) is 12.5 Å². The lowest BCUT2D eigenvalue weighted by Gasteiger charge is -2.28. The van der Waals surface area contributed by atoms with Crippen molar-refractivity contribution in [2.75, 3.05) is 11.6 Å². The Morgan fingerprint density at radius 2 is 1.20 bits per heavy atom. The highest BCUT2D eigenvalue weighted by atomic mass is 15.4. The van der Waals surface area contributed by atoms with Crippen LogP contribution in [0.4, 0.5) is 5.69 Å². The average Bonchev–Trinajstić information content (AvgIpc) is 2.60. The van der Waals surface area contributed by atoms with Gasteiger partial charge in [-0.1, -0.05) is 78.4 Å². The quantitative estimate of drug-likeness (QED) is 0.519. The van der Waals surface area contributed by atoms with Gasteiger partial charge in [0.1, 0.15) is 0 Å². The summed E-state index contributed by atoms with van der Waals surface area (Å²) in [7, 11) is 0. The molecule has 0 heterocycles. The van der Waals surface area contributed by atoms with Crippen LogP contribution in [0.2, 0.25) is 0 Å². The molecule has 3 rings (SSSR count).